The lowest BCUT2D eigenvalue weighted by atomic mass is 9.63. The molecule has 2 fully saturated rings. The zero-order valence-electron chi connectivity index (χ0n) is 22.4. The van der Waals surface area contributed by atoms with Crippen LogP contribution in [0, 0.1) is 17.2 Å². The first-order valence-corrected chi connectivity index (χ1v) is 14.3. The molecule has 2 saturated carbocycles. The summed E-state index contributed by atoms with van der Waals surface area (Å²) < 4.78 is 2.32. The van der Waals surface area contributed by atoms with E-state index in [0.717, 1.165) is 55.9 Å². The number of pyridine rings is 1. The molecule has 0 radical (unpaired) electrons. The molecule has 2 aliphatic carbocycles. The van der Waals surface area contributed by atoms with Crippen molar-refractivity contribution in [3.05, 3.63) is 71.0 Å². The van der Waals surface area contributed by atoms with Crippen LogP contribution in [0.25, 0.3) is 22.4 Å². The van der Waals surface area contributed by atoms with E-state index in [1.807, 2.05) is 6.07 Å². The number of fused-ring (bicyclic) bond motifs is 1. The second kappa shape index (κ2) is 10.6. The molecule has 3 N–H and O–H groups in total. The number of carboxylic acid groups (broad SMARTS) is 1. The molecule has 3 heterocycles. The summed E-state index contributed by atoms with van der Waals surface area (Å²) in [7, 11) is 0. The third-order valence-corrected chi connectivity index (χ3v) is 8.78. The van der Waals surface area contributed by atoms with Crippen molar-refractivity contribution in [1.82, 2.24) is 29.8 Å². The number of hydrogen-bond acceptors (Lipinski definition) is 6. The lowest BCUT2D eigenvalue weighted by Gasteiger charge is -2.42. The fraction of sp³-hybridized carbons (Fsp3) is 0.400. The molecule has 40 heavy (non-hydrogen) atoms. The predicted molar refractivity (Wildman–Crippen MR) is 154 cm³/mol. The Morgan fingerprint density at radius 2 is 1.88 bits per heavy atom. The van der Waals surface area contributed by atoms with Gasteiger partial charge in [-0.3, -0.25) is 15.7 Å². The molecule has 0 atom stereocenters. The highest BCUT2D eigenvalue weighted by Gasteiger charge is 2.45. The number of benzene rings is 1. The van der Waals surface area contributed by atoms with Gasteiger partial charge in [0.05, 0.1) is 10.4 Å². The minimum Gasteiger partial charge on any atom is -0.465 e. The molecule has 2 aliphatic rings. The Kier molecular flexibility index (Phi) is 7.00. The number of carbonyl (C=O) groups is 1. The third-order valence-electron chi connectivity index (χ3n) is 8.57. The van der Waals surface area contributed by atoms with E-state index < -0.39 is 11.9 Å². The number of aromatic nitrogens is 5. The van der Waals surface area contributed by atoms with E-state index in [1.165, 1.54) is 18.4 Å². The Hall–Kier alpha value is -3.85. The number of nitrogens with one attached hydrogen (secondary N) is 2. The zero-order valence-corrected chi connectivity index (χ0v) is 23.2. The molecule has 1 aromatic carbocycles. The Bertz CT molecular complexity index is 1570. The number of hydrogen-bond donors (Lipinski definition) is 3. The second-order valence-electron chi connectivity index (χ2n) is 11.2. The van der Waals surface area contributed by atoms with E-state index in [-0.39, 0.29) is 11.2 Å². The van der Waals surface area contributed by atoms with Crippen LogP contribution in [0.5, 0.6) is 0 Å². The minimum atomic E-state index is -1.35. The van der Waals surface area contributed by atoms with Gasteiger partial charge in [0.25, 0.3) is 0 Å². The molecule has 0 aliphatic heterocycles. The van der Waals surface area contributed by atoms with Gasteiger partial charge in [0.2, 0.25) is 0 Å². The molecule has 6 rings (SSSR count). The first-order valence-electron chi connectivity index (χ1n) is 13.9. The molecular formula is C30H32ClN7O2. The lowest BCUT2D eigenvalue weighted by molar-refractivity contribution is 0.200. The highest BCUT2D eigenvalue weighted by molar-refractivity contribution is 6.30. The van der Waals surface area contributed by atoms with Gasteiger partial charge in [-0.15, -0.1) is 0 Å². The largest absolute Gasteiger partial charge is 0.465 e. The average molecular weight is 558 g/mol. The van der Waals surface area contributed by atoms with Crippen LogP contribution in [0.1, 0.15) is 69.1 Å². The summed E-state index contributed by atoms with van der Waals surface area (Å²) in [6, 6.07) is 12.3. The van der Waals surface area contributed by atoms with E-state index in [4.69, 9.17) is 27.0 Å². The maximum absolute atomic E-state index is 11.3. The minimum absolute atomic E-state index is 0.0464. The Morgan fingerprint density at radius 3 is 2.52 bits per heavy atom. The van der Waals surface area contributed by atoms with E-state index in [2.05, 4.69) is 51.0 Å². The molecule has 9 nitrogen and oxygen atoms in total. The Labute approximate surface area is 237 Å². The van der Waals surface area contributed by atoms with Crippen molar-refractivity contribution in [2.75, 3.05) is 0 Å². The molecule has 10 heteroatoms. The van der Waals surface area contributed by atoms with Crippen LogP contribution in [-0.4, -0.2) is 41.5 Å². The van der Waals surface area contributed by atoms with Crippen LogP contribution >= 0.6 is 11.6 Å². The summed E-state index contributed by atoms with van der Waals surface area (Å²) in [6.07, 6.45) is 9.67. The number of nitrogens with zero attached hydrogens (tertiary/aromatic N) is 5. The predicted octanol–water partition coefficient (Wildman–Crippen LogP) is 6.43. The van der Waals surface area contributed by atoms with E-state index in [1.54, 1.807) is 18.5 Å². The molecule has 0 spiro atoms. The number of imidazole rings is 1. The molecule has 0 saturated heterocycles. The topological polar surface area (TPSA) is 130 Å². The summed E-state index contributed by atoms with van der Waals surface area (Å²) in [6.45, 7) is 3.12. The molecule has 4 aromatic rings. The van der Waals surface area contributed by atoms with Gasteiger partial charge >= 0.3 is 6.09 Å². The summed E-state index contributed by atoms with van der Waals surface area (Å²) in [5, 5.41) is 20.1. The van der Waals surface area contributed by atoms with Crippen molar-refractivity contribution in [2.24, 2.45) is 11.8 Å². The van der Waals surface area contributed by atoms with Crippen LogP contribution in [0.4, 0.5) is 4.79 Å². The first-order chi connectivity index (χ1) is 19.3. The average Bonchev–Trinajstić information content (AvgIpc) is 3.27. The second-order valence-corrected chi connectivity index (χ2v) is 11.7. The van der Waals surface area contributed by atoms with Gasteiger partial charge < -0.3 is 9.67 Å². The van der Waals surface area contributed by atoms with Crippen molar-refractivity contribution in [3.63, 3.8) is 0 Å². The summed E-state index contributed by atoms with van der Waals surface area (Å²) in [4.78, 5) is 30.2. The summed E-state index contributed by atoms with van der Waals surface area (Å²) >= 11 is 6.35. The van der Waals surface area contributed by atoms with Crippen LogP contribution in [0.2, 0.25) is 5.02 Å². The van der Waals surface area contributed by atoms with E-state index in [9.17, 15) is 9.90 Å². The van der Waals surface area contributed by atoms with Gasteiger partial charge in [0.1, 0.15) is 17.0 Å². The Morgan fingerprint density at radius 1 is 1.12 bits per heavy atom. The van der Waals surface area contributed by atoms with Crippen LogP contribution in [0.15, 0.2) is 48.8 Å². The Balaban J connectivity index is 1.60. The van der Waals surface area contributed by atoms with Crippen molar-refractivity contribution < 1.29 is 9.90 Å². The van der Waals surface area contributed by atoms with Gasteiger partial charge in [-0.25, -0.2) is 19.7 Å². The molecule has 206 valence electrons. The fourth-order valence-corrected chi connectivity index (χ4v) is 6.47. The first kappa shape index (κ1) is 26.4. The van der Waals surface area contributed by atoms with Crippen LogP contribution in [-0.2, 0) is 12.0 Å². The number of rotatable bonds is 6. The number of halogens is 1. The number of amidine groups is 1. The van der Waals surface area contributed by atoms with Crippen LogP contribution < -0.4 is 5.32 Å². The maximum atomic E-state index is 11.3. The fourth-order valence-electron chi connectivity index (χ4n) is 6.30. The van der Waals surface area contributed by atoms with Gasteiger partial charge in [-0.2, -0.15) is 0 Å². The molecular weight excluding hydrogens is 526 g/mol. The highest BCUT2D eigenvalue weighted by Crippen LogP contribution is 2.50. The standard InChI is InChI=1S/C30H32ClN7O2/c1-18-8-10-19(11-9-18)17-38-24-23(20-14-22(31)16-33-15-20)34-27(25(32)35-29(39)40)36-26(24)37-28(38)30(12-5-13-30)21-6-3-2-4-7-21/h2-4,6-7,14-16,18-19H,5,8-13,17H2,1H3,(H2,32,35)(H,39,40)/t18-,19-. The van der Waals surface area contributed by atoms with Crippen LogP contribution in [0.3, 0.4) is 0 Å². The van der Waals surface area contributed by atoms with Crippen molar-refractivity contribution in [3.8, 4) is 11.3 Å². The zero-order chi connectivity index (χ0) is 27.9. The smallest absolute Gasteiger partial charge is 0.410 e. The van der Waals surface area contributed by atoms with Crippen molar-refractivity contribution in [1.29, 1.82) is 5.41 Å². The van der Waals surface area contributed by atoms with E-state index >= 15 is 0 Å². The van der Waals surface area contributed by atoms with E-state index in [0.29, 0.717) is 27.8 Å². The normalized spacial score (nSPS) is 20.1. The summed E-state index contributed by atoms with van der Waals surface area (Å²) in [5.41, 5.74) is 3.40. The molecule has 3 aromatic heterocycles. The summed E-state index contributed by atoms with van der Waals surface area (Å²) in [5.74, 6) is 1.74. The van der Waals surface area contributed by atoms with Crippen molar-refractivity contribution >= 4 is 34.7 Å². The molecule has 0 unspecified atom stereocenters. The van der Waals surface area contributed by atoms with Gasteiger partial charge in [0.15, 0.2) is 17.3 Å². The van der Waals surface area contributed by atoms with Gasteiger partial charge in [-0.1, -0.05) is 68.1 Å². The molecule has 0 bridgehead atoms. The third kappa shape index (κ3) is 4.83. The quantitative estimate of drug-likeness (QED) is 0.185. The monoisotopic (exact) mass is 557 g/mol. The van der Waals surface area contributed by atoms with Crippen molar-refractivity contribution in [2.45, 2.75) is 63.8 Å². The van der Waals surface area contributed by atoms with Gasteiger partial charge in [0, 0.05) is 24.5 Å². The number of amides is 1. The maximum Gasteiger partial charge on any atom is 0.410 e. The molecule has 1 amide bonds. The SMILES string of the molecule is C[C@H]1CC[C@H](Cn2c(C3(c4ccccc4)CCC3)nc3nc(C(=N)NC(=O)O)nc(-c4cncc(Cl)c4)c32)CC1. The highest BCUT2D eigenvalue weighted by atomic mass is 35.5. The van der Waals surface area contributed by atoms with Gasteiger partial charge in [-0.05, 0) is 49.1 Å². The lowest BCUT2D eigenvalue weighted by Crippen LogP contribution is -2.39.